The van der Waals surface area contributed by atoms with Crippen molar-refractivity contribution < 1.29 is 4.79 Å². The van der Waals surface area contributed by atoms with Crippen LogP contribution in [-0.2, 0) is 4.79 Å². The van der Waals surface area contributed by atoms with Crippen LogP contribution < -0.4 is 4.90 Å². The van der Waals surface area contributed by atoms with Gasteiger partial charge >= 0.3 is 0 Å². The van der Waals surface area contributed by atoms with Gasteiger partial charge in [-0.3, -0.25) is 4.79 Å². The third kappa shape index (κ3) is 2.44. The molecule has 0 aliphatic carbocycles. The quantitative estimate of drug-likeness (QED) is 0.744. The van der Waals surface area contributed by atoms with Gasteiger partial charge in [0.05, 0.1) is 5.02 Å². The van der Waals surface area contributed by atoms with Crippen molar-refractivity contribution in [1.29, 1.82) is 0 Å². The molecule has 2 rings (SSSR count). The first-order valence-corrected chi connectivity index (χ1v) is 5.66. The molecule has 0 aromatic carbocycles. The van der Waals surface area contributed by atoms with Crippen LogP contribution in [0.3, 0.4) is 0 Å². The number of aromatic nitrogens is 1. The van der Waals surface area contributed by atoms with E-state index in [1.165, 1.54) is 0 Å². The minimum Gasteiger partial charge on any atom is -0.353 e. The highest BCUT2D eigenvalue weighted by Gasteiger charge is 2.19. The molecule has 0 unspecified atom stereocenters. The summed E-state index contributed by atoms with van der Waals surface area (Å²) >= 11 is 5.78. The summed E-state index contributed by atoms with van der Waals surface area (Å²) < 4.78 is 0. The first-order chi connectivity index (χ1) is 7.66. The Kier molecular flexibility index (Phi) is 3.29. The third-order valence-corrected chi connectivity index (χ3v) is 2.98. The predicted octanol–water partition coefficient (Wildman–Crippen LogP) is 1.40. The molecule has 0 N–H and O–H groups in total. The van der Waals surface area contributed by atoms with E-state index in [2.05, 4.69) is 9.88 Å². The van der Waals surface area contributed by atoms with E-state index in [0.29, 0.717) is 5.02 Å². The summed E-state index contributed by atoms with van der Waals surface area (Å²) in [5, 5.41) is 0.645. The zero-order valence-electron chi connectivity index (χ0n) is 9.19. The number of nitrogens with zero attached hydrogens (tertiary/aromatic N) is 3. The number of halogens is 1. The Hall–Kier alpha value is -1.29. The lowest BCUT2D eigenvalue weighted by molar-refractivity contribution is -0.129. The molecule has 1 saturated heterocycles. The third-order valence-electron chi connectivity index (χ3n) is 2.76. The molecule has 1 fully saturated rings. The lowest BCUT2D eigenvalue weighted by atomic mass is 10.3. The SMILES string of the molecule is CC(=O)N1CCN(c2ccc(Cl)cn2)CC1. The summed E-state index contributed by atoms with van der Waals surface area (Å²) in [5.41, 5.74) is 0. The maximum atomic E-state index is 11.2. The molecule has 0 radical (unpaired) electrons. The maximum absolute atomic E-state index is 11.2. The molecule has 5 heteroatoms. The van der Waals surface area contributed by atoms with Crippen LogP contribution in [0, 0.1) is 0 Å². The minimum atomic E-state index is 0.142. The fourth-order valence-electron chi connectivity index (χ4n) is 1.81. The number of hydrogen-bond donors (Lipinski definition) is 0. The van der Waals surface area contributed by atoms with Gasteiger partial charge in [-0.1, -0.05) is 11.6 Å². The molecule has 16 heavy (non-hydrogen) atoms. The smallest absolute Gasteiger partial charge is 0.219 e. The van der Waals surface area contributed by atoms with Gasteiger partial charge in [0, 0.05) is 39.3 Å². The molecule has 2 heterocycles. The van der Waals surface area contributed by atoms with E-state index in [0.717, 1.165) is 32.0 Å². The fourth-order valence-corrected chi connectivity index (χ4v) is 1.92. The minimum absolute atomic E-state index is 0.142. The molecule has 1 aromatic heterocycles. The average molecular weight is 240 g/mol. The molecule has 0 spiro atoms. The Bertz CT molecular complexity index is 371. The Labute approximate surface area is 99.8 Å². The maximum Gasteiger partial charge on any atom is 0.219 e. The topological polar surface area (TPSA) is 36.4 Å². The monoisotopic (exact) mass is 239 g/mol. The molecular weight excluding hydrogens is 226 g/mol. The van der Waals surface area contributed by atoms with Crippen molar-refractivity contribution in [3.05, 3.63) is 23.4 Å². The highest BCUT2D eigenvalue weighted by molar-refractivity contribution is 6.30. The number of amides is 1. The van der Waals surface area contributed by atoms with E-state index >= 15 is 0 Å². The van der Waals surface area contributed by atoms with Crippen molar-refractivity contribution >= 4 is 23.3 Å². The summed E-state index contributed by atoms with van der Waals surface area (Å²) in [6, 6.07) is 3.74. The van der Waals surface area contributed by atoms with Gasteiger partial charge in [-0.15, -0.1) is 0 Å². The molecule has 4 nitrogen and oxygen atoms in total. The van der Waals surface area contributed by atoms with Crippen LogP contribution in [0.1, 0.15) is 6.92 Å². The second kappa shape index (κ2) is 4.70. The molecule has 0 saturated carbocycles. The number of carbonyl (C=O) groups is 1. The number of anilines is 1. The highest BCUT2D eigenvalue weighted by Crippen LogP contribution is 2.15. The van der Waals surface area contributed by atoms with E-state index in [1.54, 1.807) is 13.1 Å². The van der Waals surface area contributed by atoms with Crippen LogP contribution in [0.4, 0.5) is 5.82 Å². The van der Waals surface area contributed by atoms with Crippen molar-refractivity contribution in [3.63, 3.8) is 0 Å². The Morgan fingerprint density at radius 2 is 2.00 bits per heavy atom. The summed E-state index contributed by atoms with van der Waals surface area (Å²) in [5.74, 6) is 1.07. The second-order valence-electron chi connectivity index (χ2n) is 3.83. The van der Waals surface area contributed by atoms with Crippen molar-refractivity contribution in [1.82, 2.24) is 9.88 Å². The van der Waals surface area contributed by atoms with Crippen LogP contribution >= 0.6 is 11.6 Å². The standard InChI is InChI=1S/C11H14ClN3O/c1-9(16)14-4-6-15(7-5-14)11-3-2-10(12)8-13-11/h2-3,8H,4-7H2,1H3. The van der Waals surface area contributed by atoms with Gasteiger partial charge in [-0.2, -0.15) is 0 Å². The molecule has 1 aromatic rings. The second-order valence-corrected chi connectivity index (χ2v) is 4.26. The lowest BCUT2D eigenvalue weighted by Crippen LogP contribution is -2.48. The summed E-state index contributed by atoms with van der Waals surface area (Å²) in [6.07, 6.45) is 1.65. The number of carbonyl (C=O) groups excluding carboxylic acids is 1. The number of pyridine rings is 1. The van der Waals surface area contributed by atoms with Gasteiger partial charge in [-0.05, 0) is 12.1 Å². The first kappa shape index (κ1) is 11.2. The average Bonchev–Trinajstić information content (AvgIpc) is 2.30. The number of rotatable bonds is 1. The molecule has 1 amide bonds. The zero-order valence-corrected chi connectivity index (χ0v) is 9.94. The normalized spacial score (nSPS) is 16.4. The Morgan fingerprint density at radius 3 is 2.50 bits per heavy atom. The highest BCUT2D eigenvalue weighted by atomic mass is 35.5. The van der Waals surface area contributed by atoms with Gasteiger partial charge in [0.2, 0.25) is 5.91 Å². The molecule has 86 valence electrons. The van der Waals surface area contributed by atoms with Crippen molar-refractivity contribution in [3.8, 4) is 0 Å². The van der Waals surface area contributed by atoms with Gasteiger partial charge in [-0.25, -0.2) is 4.98 Å². The van der Waals surface area contributed by atoms with Crippen LogP contribution in [0.25, 0.3) is 0 Å². The van der Waals surface area contributed by atoms with Crippen LogP contribution in [0.5, 0.6) is 0 Å². The zero-order chi connectivity index (χ0) is 11.5. The van der Waals surface area contributed by atoms with Gasteiger partial charge in [0.1, 0.15) is 5.82 Å². The number of piperazine rings is 1. The molecular formula is C11H14ClN3O. The fraction of sp³-hybridized carbons (Fsp3) is 0.455. The van der Waals surface area contributed by atoms with E-state index in [9.17, 15) is 4.79 Å². The van der Waals surface area contributed by atoms with Gasteiger partial charge in [0.25, 0.3) is 0 Å². The Balaban J connectivity index is 1.99. The Morgan fingerprint density at radius 1 is 1.31 bits per heavy atom. The van der Waals surface area contributed by atoms with E-state index in [4.69, 9.17) is 11.6 Å². The summed E-state index contributed by atoms with van der Waals surface area (Å²) in [7, 11) is 0. The van der Waals surface area contributed by atoms with E-state index < -0.39 is 0 Å². The summed E-state index contributed by atoms with van der Waals surface area (Å²) in [4.78, 5) is 19.4. The van der Waals surface area contributed by atoms with Crippen molar-refractivity contribution in [2.24, 2.45) is 0 Å². The van der Waals surface area contributed by atoms with Gasteiger partial charge in [0.15, 0.2) is 0 Å². The molecule has 0 atom stereocenters. The van der Waals surface area contributed by atoms with Crippen LogP contribution in [0.2, 0.25) is 5.02 Å². The molecule has 1 aliphatic heterocycles. The molecule has 0 bridgehead atoms. The van der Waals surface area contributed by atoms with E-state index in [-0.39, 0.29) is 5.91 Å². The first-order valence-electron chi connectivity index (χ1n) is 5.29. The summed E-state index contributed by atoms with van der Waals surface area (Å²) in [6.45, 7) is 4.79. The van der Waals surface area contributed by atoms with Crippen LogP contribution in [0.15, 0.2) is 18.3 Å². The van der Waals surface area contributed by atoms with Crippen molar-refractivity contribution in [2.75, 3.05) is 31.1 Å². The lowest BCUT2D eigenvalue weighted by Gasteiger charge is -2.34. The molecule has 1 aliphatic rings. The number of hydrogen-bond acceptors (Lipinski definition) is 3. The predicted molar refractivity (Wildman–Crippen MR) is 63.7 cm³/mol. The van der Waals surface area contributed by atoms with Gasteiger partial charge < -0.3 is 9.80 Å². The van der Waals surface area contributed by atoms with Crippen molar-refractivity contribution in [2.45, 2.75) is 6.92 Å². The largest absolute Gasteiger partial charge is 0.353 e. The van der Waals surface area contributed by atoms with E-state index in [1.807, 2.05) is 17.0 Å². The van der Waals surface area contributed by atoms with Crippen LogP contribution in [-0.4, -0.2) is 42.0 Å².